The summed E-state index contributed by atoms with van der Waals surface area (Å²) in [4.78, 5) is 75.0. The van der Waals surface area contributed by atoms with Gasteiger partial charge in [-0.2, -0.15) is 0 Å². The second-order valence-electron chi connectivity index (χ2n) is 23.2. The zero-order valence-electron chi connectivity index (χ0n) is 45.8. The van der Waals surface area contributed by atoms with Gasteiger partial charge in [-0.15, -0.1) is 5.34 Å². The van der Waals surface area contributed by atoms with E-state index in [4.69, 9.17) is 29.1 Å². The Kier molecular flexibility index (Phi) is 19.9. The van der Waals surface area contributed by atoms with Crippen molar-refractivity contribution >= 4 is 39.7 Å². The van der Waals surface area contributed by atoms with Crippen LogP contribution in [0.3, 0.4) is 0 Å². The van der Waals surface area contributed by atoms with Crippen LogP contribution in [-0.2, 0) is 35.0 Å². The van der Waals surface area contributed by atoms with Gasteiger partial charge in [-0.25, -0.2) is 14.8 Å². The molecule has 8 fully saturated rings. The van der Waals surface area contributed by atoms with E-state index in [-0.39, 0.29) is 83.7 Å². The molecule has 4 aliphatic carbocycles. The van der Waals surface area contributed by atoms with Gasteiger partial charge in [0.1, 0.15) is 5.69 Å². The van der Waals surface area contributed by atoms with Crippen LogP contribution in [0.1, 0.15) is 153 Å². The number of ether oxygens (including phenoxy) is 4. The van der Waals surface area contributed by atoms with Crippen molar-refractivity contribution in [3.05, 3.63) is 90.7 Å². The van der Waals surface area contributed by atoms with Gasteiger partial charge in [0.15, 0.2) is 5.69 Å². The number of morpholine rings is 2. The first kappa shape index (κ1) is 58.0. The number of oxime groups is 1. The number of aromatic nitrogens is 4. The topological polar surface area (TPSA) is 232 Å². The third-order valence-electron chi connectivity index (χ3n) is 18.4. The molecular weight excluding hydrogens is 1010 g/mol. The van der Waals surface area contributed by atoms with E-state index in [9.17, 15) is 24.4 Å². The van der Waals surface area contributed by atoms with E-state index in [1.165, 1.54) is 89.9 Å². The number of fused-ring (bicyclic) bond motifs is 10. The number of carbonyl (C=O) groups excluding carboxylic acids is 2. The summed E-state index contributed by atoms with van der Waals surface area (Å²) in [6, 6.07) is 17.7. The Balaban J connectivity index is 0.000000179. The molecule has 1 N–H and O–H groups in total. The normalized spacial score (nSPS) is 30.9. The number of para-hydroxylation sites is 4. The van der Waals surface area contributed by atoms with Gasteiger partial charge in [0.25, 0.3) is 11.1 Å². The third kappa shape index (κ3) is 12.6. The maximum atomic E-state index is 13.9. The molecule has 4 saturated heterocycles. The van der Waals surface area contributed by atoms with E-state index in [0.29, 0.717) is 49.5 Å². The monoisotopic (exact) mass is 1080 g/mol. The molecule has 0 radical (unpaired) electrons. The fraction of sp³-hybridized carbons (Fsp3) is 0.672. The maximum absolute atomic E-state index is 13.9. The summed E-state index contributed by atoms with van der Waals surface area (Å²) < 4.78 is 26.0. The standard InChI is InChI=1S/C29H38N4O5.C29H39N3O4.HNO2.Na/c1-2-38-29(35)27(31-36)26-28(34)33(25-10-6-5-9-24(25)30-26)21-14-22-16-37-17-23(15-21)32(22)20-12-18-7-3-4-8-19(11-18)13-20;1-2-36-28(33)16-26-29(34)32(27-10-6-5-9-25(27)30-26)22-14-23-17-35-18-24(15-22)31(23)21-12-19-7-3-4-8-20(11-19)13-21;2-1-3;/h5-6,9-10,18-23,36H,2-4,7-8,11-17H2,1H3;5-6,9-10,19-24H,2-4,7-8,11-18H2,1H3;(H,2,3);/q;;;+1/p-1/t18?,19?,20?,21?,22-,23+;19?,20?,21?,22?,23-,24+;;. The van der Waals surface area contributed by atoms with Gasteiger partial charge < -0.3 is 43.4 Å². The quantitative estimate of drug-likeness (QED) is 0.0522. The van der Waals surface area contributed by atoms with Crippen LogP contribution >= 0.6 is 0 Å². The molecule has 4 aliphatic heterocycles. The number of carbonyl (C=O) groups is 2. The summed E-state index contributed by atoms with van der Waals surface area (Å²) in [6.07, 6.45) is 22.4. The number of esters is 2. The SMILES string of the molecule is CCOC(=O)C(=NO)c1nc2ccccc2n(C2C[C@H]3COC[C@@H](C2)N3C2CC3CCCCC(C3)C2)c1=O.CCOC(=O)Cc1nc2ccccc2n(C2C[C@H]3COC[C@@H](C2)N3C2CC3CCCCC(C3)C2)c1=O.O=N[O-].[Na+]. The van der Waals surface area contributed by atoms with E-state index in [1.54, 1.807) is 18.4 Å². The molecule has 12 rings (SSSR count). The minimum absolute atomic E-state index is 0. The zero-order valence-corrected chi connectivity index (χ0v) is 47.8. The molecule has 0 amide bonds. The van der Waals surface area contributed by atoms with Gasteiger partial charge in [0, 0.05) is 48.3 Å². The fourth-order valence-electron chi connectivity index (χ4n) is 15.7. The first-order valence-electron chi connectivity index (χ1n) is 28.8. The summed E-state index contributed by atoms with van der Waals surface area (Å²) >= 11 is 0. The molecule has 2 aromatic heterocycles. The van der Waals surface area contributed by atoms with Crippen molar-refractivity contribution in [2.45, 2.75) is 184 Å². The number of nitrogens with zero attached hydrogens (tertiary/aromatic N) is 8. The first-order valence-corrected chi connectivity index (χ1v) is 28.8. The van der Waals surface area contributed by atoms with Gasteiger partial charge in [-0.3, -0.25) is 24.2 Å². The van der Waals surface area contributed by atoms with Crippen LogP contribution < -0.4 is 40.7 Å². The van der Waals surface area contributed by atoms with E-state index >= 15 is 0 Å². The van der Waals surface area contributed by atoms with Crippen LogP contribution in [-0.4, -0.2) is 128 Å². The van der Waals surface area contributed by atoms with Crippen molar-refractivity contribution in [1.29, 1.82) is 0 Å². The van der Waals surface area contributed by atoms with E-state index in [1.807, 2.05) is 53.1 Å². The van der Waals surface area contributed by atoms with Gasteiger partial charge in [-0.05, 0) is 126 Å². The second kappa shape index (κ2) is 26.8. The molecule has 19 nitrogen and oxygen atoms in total. The van der Waals surface area contributed by atoms with Gasteiger partial charge in [-0.1, -0.05) is 80.8 Å². The minimum Gasteiger partial charge on any atom is -0.466 e. The van der Waals surface area contributed by atoms with Crippen molar-refractivity contribution in [1.82, 2.24) is 28.9 Å². The molecule has 6 unspecified atom stereocenters. The van der Waals surface area contributed by atoms with Crippen molar-refractivity contribution in [3.63, 3.8) is 0 Å². The summed E-state index contributed by atoms with van der Waals surface area (Å²) in [5, 5.41) is 21.8. The van der Waals surface area contributed by atoms with Crippen LogP contribution in [0.5, 0.6) is 0 Å². The van der Waals surface area contributed by atoms with Gasteiger partial charge >= 0.3 is 41.5 Å². The predicted octanol–water partition coefficient (Wildman–Crippen LogP) is 5.42. The zero-order chi connectivity index (χ0) is 53.6. The van der Waals surface area contributed by atoms with Crippen LogP contribution in [0.15, 0.2) is 68.6 Å². The van der Waals surface area contributed by atoms with E-state index in [2.05, 4.69) is 24.9 Å². The summed E-state index contributed by atoms with van der Waals surface area (Å²) in [6.45, 7) is 6.67. The van der Waals surface area contributed by atoms with Crippen molar-refractivity contribution in [2.75, 3.05) is 39.6 Å². The Bertz CT molecular complexity index is 2830. The van der Waals surface area contributed by atoms with Crippen LogP contribution in [0.25, 0.3) is 22.1 Å². The summed E-state index contributed by atoms with van der Waals surface area (Å²) in [5.74, 6) is 2.19. The third-order valence-corrected chi connectivity index (χ3v) is 18.4. The Morgan fingerprint density at radius 3 is 1.44 bits per heavy atom. The van der Waals surface area contributed by atoms with Crippen molar-refractivity contribution in [2.24, 2.45) is 34.2 Å². The largest absolute Gasteiger partial charge is 1.00 e. The molecule has 4 aromatic rings. The number of hydrogen-bond donors (Lipinski definition) is 1. The molecule has 8 aliphatic rings. The van der Waals surface area contributed by atoms with Gasteiger partial charge in [0.2, 0.25) is 5.71 Å². The molecule has 4 saturated carbocycles. The van der Waals surface area contributed by atoms with Crippen molar-refractivity contribution in [3.8, 4) is 0 Å². The van der Waals surface area contributed by atoms with Crippen LogP contribution in [0, 0.1) is 33.8 Å². The average molecular weight is 1090 g/mol. The molecule has 78 heavy (non-hydrogen) atoms. The van der Waals surface area contributed by atoms with Crippen LogP contribution in [0.2, 0.25) is 0 Å². The van der Waals surface area contributed by atoms with Gasteiger partial charge in [0.05, 0.1) is 68.1 Å². The molecule has 20 heteroatoms. The predicted molar refractivity (Wildman–Crippen MR) is 290 cm³/mol. The van der Waals surface area contributed by atoms with Crippen molar-refractivity contribution < 1.29 is 63.3 Å². The summed E-state index contributed by atoms with van der Waals surface area (Å²) in [5.41, 5.74) is 2.00. The number of hydrogen-bond acceptors (Lipinski definition) is 17. The van der Waals surface area contributed by atoms with Crippen LogP contribution in [0.4, 0.5) is 0 Å². The van der Waals surface area contributed by atoms with E-state index in [0.717, 1.165) is 84.5 Å². The molecule has 0 spiro atoms. The number of rotatable bonds is 10. The Labute approximate surface area is 478 Å². The molecule has 2 aromatic carbocycles. The first-order chi connectivity index (χ1) is 37.6. The second-order valence-corrected chi connectivity index (χ2v) is 23.2. The molecule has 10 atom stereocenters. The minimum atomic E-state index is -0.861. The Hall–Kier alpha value is -4.63. The molecule has 6 heterocycles. The maximum Gasteiger partial charge on any atom is 1.00 e. The number of piperidine rings is 2. The Morgan fingerprint density at radius 1 is 0.603 bits per heavy atom. The molecule has 8 bridgehead atoms. The van der Waals surface area contributed by atoms with E-state index < -0.39 is 23.2 Å². The average Bonchev–Trinajstić information content (AvgIpc) is 3.77. The fourth-order valence-corrected chi connectivity index (χ4v) is 15.7. The molecular formula is C58H77N8NaO11. The molecule has 416 valence electrons. The number of benzene rings is 2. The Morgan fingerprint density at radius 2 is 1.01 bits per heavy atom. The smallest absolute Gasteiger partial charge is 0.466 e. The summed E-state index contributed by atoms with van der Waals surface area (Å²) in [7, 11) is 0.